The lowest BCUT2D eigenvalue weighted by Gasteiger charge is -2.12. The number of sulfone groups is 1. The number of aromatic nitrogens is 1. The number of nitrogens with one attached hydrogen (secondary N) is 2. The Balaban J connectivity index is 1.81. The van der Waals surface area contributed by atoms with Gasteiger partial charge in [0, 0.05) is 25.5 Å². The fraction of sp³-hybridized carbons (Fsp3) is 0.333. The molecule has 0 bridgehead atoms. The molecule has 0 spiro atoms. The number of pyridine rings is 1. The van der Waals surface area contributed by atoms with Gasteiger partial charge >= 0.3 is 0 Å². The lowest BCUT2D eigenvalue weighted by Crippen LogP contribution is -2.38. The first-order valence-electron chi connectivity index (χ1n) is 8.04. The second-order valence-corrected chi connectivity index (χ2v) is 7.80. The predicted octanol–water partition coefficient (Wildman–Crippen LogP) is 1.70. The molecule has 0 saturated heterocycles. The molecule has 0 fully saturated rings. The van der Waals surface area contributed by atoms with Crippen molar-refractivity contribution >= 4 is 15.8 Å². The van der Waals surface area contributed by atoms with Crippen LogP contribution in [0.3, 0.4) is 0 Å². The van der Waals surface area contributed by atoms with Crippen molar-refractivity contribution in [3.63, 3.8) is 0 Å². The van der Waals surface area contributed by atoms with Crippen LogP contribution in [0.15, 0.2) is 52.4 Å². The molecule has 134 valence electrons. The Kier molecular flexibility index (Phi) is 6.52. The molecule has 1 aromatic heterocycles. The minimum absolute atomic E-state index is 0.340. The van der Waals surface area contributed by atoms with Crippen molar-refractivity contribution in [3.8, 4) is 0 Å². The van der Waals surface area contributed by atoms with Crippen LogP contribution >= 0.6 is 0 Å². The van der Waals surface area contributed by atoms with Gasteiger partial charge in [-0.25, -0.2) is 8.42 Å². The maximum absolute atomic E-state index is 11.5. The van der Waals surface area contributed by atoms with Crippen molar-refractivity contribution in [2.75, 3.05) is 19.8 Å². The van der Waals surface area contributed by atoms with Crippen LogP contribution < -0.4 is 10.6 Å². The molecule has 25 heavy (non-hydrogen) atoms. The van der Waals surface area contributed by atoms with Crippen molar-refractivity contribution in [2.24, 2.45) is 4.99 Å². The number of benzene rings is 1. The lowest BCUT2D eigenvalue weighted by atomic mass is 10.1. The van der Waals surface area contributed by atoms with Crippen molar-refractivity contribution < 1.29 is 8.42 Å². The van der Waals surface area contributed by atoms with E-state index < -0.39 is 9.84 Å². The van der Waals surface area contributed by atoms with Gasteiger partial charge in [-0.15, -0.1) is 0 Å². The Morgan fingerprint density at radius 1 is 1.12 bits per heavy atom. The number of hydrogen-bond acceptors (Lipinski definition) is 4. The molecule has 0 aliphatic carbocycles. The molecule has 0 saturated carbocycles. The van der Waals surface area contributed by atoms with Crippen LogP contribution in [0.1, 0.15) is 17.0 Å². The van der Waals surface area contributed by atoms with E-state index in [2.05, 4.69) is 20.6 Å². The standard InChI is InChI=1S/C18H24N4O2S/c1-14-5-4-6-16(22-14)13-21-18(19-2)20-12-11-15-7-9-17(10-8-15)25(3,23)24/h4-10H,11-13H2,1-3H3,(H2,19,20,21). The number of guanidine groups is 1. The summed E-state index contributed by atoms with van der Waals surface area (Å²) in [6.45, 7) is 3.26. The highest BCUT2D eigenvalue weighted by atomic mass is 32.2. The Hall–Kier alpha value is -2.41. The number of aryl methyl sites for hydroxylation is 1. The van der Waals surface area contributed by atoms with Gasteiger partial charge in [-0.05, 0) is 43.2 Å². The fourth-order valence-electron chi connectivity index (χ4n) is 2.32. The van der Waals surface area contributed by atoms with Crippen molar-refractivity contribution in [1.29, 1.82) is 0 Å². The summed E-state index contributed by atoms with van der Waals surface area (Å²) >= 11 is 0. The Bertz CT molecular complexity index is 830. The lowest BCUT2D eigenvalue weighted by molar-refractivity contribution is 0.602. The SMILES string of the molecule is CN=C(NCCc1ccc(S(C)(=O)=O)cc1)NCc1cccc(C)n1. The molecular formula is C18H24N4O2S. The van der Waals surface area contributed by atoms with Crippen molar-refractivity contribution in [1.82, 2.24) is 15.6 Å². The molecule has 1 heterocycles. The van der Waals surface area contributed by atoms with Gasteiger partial charge in [-0.2, -0.15) is 0 Å². The molecule has 6 nitrogen and oxygen atoms in total. The molecule has 2 rings (SSSR count). The van der Waals surface area contributed by atoms with E-state index in [-0.39, 0.29) is 0 Å². The van der Waals surface area contributed by atoms with E-state index in [0.717, 1.165) is 23.4 Å². The van der Waals surface area contributed by atoms with E-state index in [1.54, 1.807) is 19.2 Å². The normalized spacial score (nSPS) is 12.0. The van der Waals surface area contributed by atoms with Crippen LogP contribution in [0.5, 0.6) is 0 Å². The number of rotatable bonds is 6. The summed E-state index contributed by atoms with van der Waals surface area (Å²) < 4.78 is 22.9. The van der Waals surface area contributed by atoms with E-state index in [1.165, 1.54) is 6.26 Å². The third kappa shape index (κ3) is 6.19. The number of hydrogen-bond donors (Lipinski definition) is 2. The molecule has 2 aromatic rings. The molecule has 2 N–H and O–H groups in total. The molecule has 0 unspecified atom stereocenters. The van der Waals surface area contributed by atoms with E-state index in [4.69, 9.17) is 0 Å². The number of aliphatic imine (C=N–C) groups is 1. The average molecular weight is 360 g/mol. The largest absolute Gasteiger partial charge is 0.356 e. The Morgan fingerprint density at radius 3 is 2.44 bits per heavy atom. The van der Waals surface area contributed by atoms with Crippen molar-refractivity contribution in [3.05, 3.63) is 59.4 Å². The quantitative estimate of drug-likeness (QED) is 0.605. The highest BCUT2D eigenvalue weighted by molar-refractivity contribution is 7.90. The van der Waals surface area contributed by atoms with Crippen LogP contribution in [0.25, 0.3) is 0 Å². The minimum Gasteiger partial charge on any atom is -0.356 e. The molecule has 0 aliphatic heterocycles. The van der Waals surface area contributed by atoms with E-state index >= 15 is 0 Å². The topological polar surface area (TPSA) is 83.5 Å². The summed E-state index contributed by atoms with van der Waals surface area (Å²) in [6.07, 6.45) is 1.98. The molecule has 0 radical (unpaired) electrons. The summed E-state index contributed by atoms with van der Waals surface area (Å²) in [7, 11) is -1.42. The molecule has 0 amide bonds. The van der Waals surface area contributed by atoms with E-state index in [1.807, 2.05) is 37.3 Å². The van der Waals surface area contributed by atoms with Crippen LogP contribution in [0, 0.1) is 6.92 Å². The second kappa shape index (κ2) is 8.62. The van der Waals surface area contributed by atoms with E-state index in [0.29, 0.717) is 23.9 Å². The van der Waals surface area contributed by atoms with Gasteiger partial charge in [0.25, 0.3) is 0 Å². The van der Waals surface area contributed by atoms with Gasteiger partial charge in [-0.3, -0.25) is 9.98 Å². The van der Waals surface area contributed by atoms with Gasteiger partial charge in [-0.1, -0.05) is 18.2 Å². The highest BCUT2D eigenvalue weighted by Crippen LogP contribution is 2.10. The summed E-state index contributed by atoms with van der Waals surface area (Å²) in [5, 5.41) is 6.47. The van der Waals surface area contributed by atoms with Gasteiger partial charge in [0.15, 0.2) is 15.8 Å². The van der Waals surface area contributed by atoms with Gasteiger partial charge in [0.05, 0.1) is 17.1 Å². The first-order valence-corrected chi connectivity index (χ1v) is 9.93. The first-order chi connectivity index (χ1) is 11.9. The molecule has 1 aromatic carbocycles. The summed E-state index contributed by atoms with van der Waals surface area (Å²) in [5.74, 6) is 0.705. The highest BCUT2D eigenvalue weighted by Gasteiger charge is 2.06. The first kappa shape index (κ1) is 18.9. The predicted molar refractivity (Wildman–Crippen MR) is 100 cm³/mol. The average Bonchev–Trinajstić information content (AvgIpc) is 2.57. The van der Waals surface area contributed by atoms with Crippen molar-refractivity contribution in [2.45, 2.75) is 24.8 Å². The second-order valence-electron chi connectivity index (χ2n) is 5.79. The summed E-state index contributed by atoms with van der Waals surface area (Å²) in [5.41, 5.74) is 3.01. The third-order valence-electron chi connectivity index (χ3n) is 3.66. The smallest absolute Gasteiger partial charge is 0.191 e. The van der Waals surface area contributed by atoms with Crippen LogP contribution in [-0.2, 0) is 22.8 Å². The maximum atomic E-state index is 11.5. The minimum atomic E-state index is -3.14. The van der Waals surface area contributed by atoms with Gasteiger partial charge < -0.3 is 10.6 Å². The Labute approximate surface area is 149 Å². The zero-order chi connectivity index (χ0) is 18.3. The van der Waals surface area contributed by atoms with Gasteiger partial charge in [0.2, 0.25) is 0 Å². The maximum Gasteiger partial charge on any atom is 0.191 e. The molecule has 0 atom stereocenters. The monoisotopic (exact) mass is 360 g/mol. The summed E-state index contributed by atoms with van der Waals surface area (Å²) in [6, 6.07) is 12.9. The molecule has 0 aliphatic rings. The number of nitrogens with zero attached hydrogens (tertiary/aromatic N) is 2. The fourth-order valence-corrected chi connectivity index (χ4v) is 2.95. The zero-order valence-electron chi connectivity index (χ0n) is 14.8. The van der Waals surface area contributed by atoms with Crippen LogP contribution in [0.4, 0.5) is 0 Å². The Morgan fingerprint density at radius 2 is 1.84 bits per heavy atom. The third-order valence-corrected chi connectivity index (χ3v) is 4.79. The van der Waals surface area contributed by atoms with Crippen LogP contribution in [0.2, 0.25) is 0 Å². The van der Waals surface area contributed by atoms with Gasteiger partial charge in [0.1, 0.15) is 0 Å². The van der Waals surface area contributed by atoms with E-state index in [9.17, 15) is 8.42 Å². The van der Waals surface area contributed by atoms with Crippen LogP contribution in [-0.4, -0.2) is 39.2 Å². The molecular weight excluding hydrogens is 336 g/mol. The summed E-state index contributed by atoms with van der Waals surface area (Å²) in [4.78, 5) is 8.97. The zero-order valence-corrected chi connectivity index (χ0v) is 15.6. The molecule has 7 heteroatoms.